The van der Waals surface area contributed by atoms with E-state index in [1.54, 1.807) is 14.2 Å². The van der Waals surface area contributed by atoms with Crippen molar-refractivity contribution in [2.45, 2.75) is 18.9 Å². The Morgan fingerprint density at radius 2 is 2.00 bits per heavy atom. The number of hydrogen-bond donors (Lipinski definition) is 1. The molecule has 104 valence electrons. The highest BCUT2D eigenvalue weighted by Gasteiger charge is 2.51. The van der Waals surface area contributed by atoms with Crippen molar-refractivity contribution >= 4 is 0 Å². The second kappa shape index (κ2) is 4.39. The van der Waals surface area contributed by atoms with Crippen molar-refractivity contribution in [3.63, 3.8) is 0 Å². The second-order valence-corrected chi connectivity index (χ2v) is 5.54. The van der Waals surface area contributed by atoms with Crippen LogP contribution in [0.3, 0.4) is 0 Å². The quantitative estimate of drug-likeness (QED) is 0.903. The van der Waals surface area contributed by atoms with Gasteiger partial charge in [0.1, 0.15) is 0 Å². The van der Waals surface area contributed by atoms with Gasteiger partial charge < -0.3 is 19.3 Å². The smallest absolute Gasteiger partial charge is 0.161 e. The molecule has 0 unspecified atom stereocenters. The molecular weight excluding hydrogens is 244 g/mol. The van der Waals surface area contributed by atoms with Gasteiger partial charge in [0.25, 0.3) is 0 Å². The summed E-state index contributed by atoms with van der Waals surface area (Å²) in [5.41, 5.74) is 1.96. The maximum Gasteiger partial charge on any atom is 0.161 e. The summed E-state index contributed by atoms with van der Waals surface area (Å²) < 4.78 is 16.8. The summed E-state index contributed by atoms with van der Waals surface area (Å²) in [6.07, 6.45) is 0.927. The van der Waals surface area contributed by atoms with Crippen LogP contribution in [0.2, 0.25) is 0 Å². The highest BCUT2D eigenvalue weighted by molar-refractivity contribution is 5.51. The predicted molar refractivity (Wildman–Crippen MR) is 70.6 cm³/mol. The third-order valence-corrected chi connectivity index (χ3v) is 4.70. The minimum atomic E-state index is -0.410. The second-order valence-electron chi connectivity index (χ2n) is 5.54. The molecule has 4 heteroatoms. The van der Waals surface area contributed by atoms with E-state index in [1.165, 1.54) is 5.56 Å². The molecule has 1 heterocycles. The molecular formula is C15H20O4. The first-order chi connectivity index (χ1) is 9.13. The van der Waals surface area contributed by atoms with Gasteiger partial charge >= 0.3 is 0 Å². The molecule has 1 aliphatic carbocycles. The van der Waals surface area contributed by atoms with Crippen molar-refractivity contribution < 1.29 is 19.3 Å². The van der Waals surface area contributed by atoms with E-state index >= 15 is 0 Å². The van der Waals surface area contributed by atoms with E-state index in [9.17, 15) is 5.11 Å². The molecule has 19 heavy (non-hydrogen) atoms. The van der Waals surface area contributed by atoms with Crippen molar-refractivity contribution in [2.75, 3.05) is 27.4 Å². The summed E-state index contributed by atoms with van der Waals surface area (Å²) in [5, 5.41) is 9.65. The number of aliphatic hydroxyl groups is 1. The van der Waals surface area contributed by atoms with Crippen LogP contribution in [0.1, 0.15) is 18.1 Å². The van der Waals surface area contributed by atoms with Crippen LogP contribution in [-0.2, 0) is 16.8 Å². The van der Waals surface area contributed by atoms with Crippen LogP contribution >= 0.6 is 0 Å². The van der Waals surface area contributed by atoms with E-state index in [1.807, 2.05) is 12.1 Å². The Kier molecular flexibility index (Phi) is 2.95. The molecule has 1 aromatic rings. The summed E-state index contributed by atoms with van der Waals surface area (Å²) in [7, 11) is 3.29. The fourth-order valence-electron chi connectivity index (χ4n) is 3.59. The minimum absolute atomic E-state index is 0.162. The molecule has 1 fully saturated rings. The Labute approximate surface area is 113 Å². The largest absolute Gasteiger partial charge is 0.493 e. The minimum Gasteiger partial charge on any atom is -0.493 e. The predicted octanol–water partition coefficient (Wildman–Crippen LogP) is 1.73. The maximum atomic E-state index is 9.65. The van der Waals surface area contributed by atoms with E-state index in [0.717, 1.165) is 17.7 Å². The highest BCUT2D eigenvalue weighted by Crippen LogP contribution is 2.52. The molecule has 1 N–H and O–H groups in total. The van der Waals surface area contributed by atoms with Gasteiger partial charge in [-0.25, -0.2) is 0 Å². The Morgan fingerprint density at radius 1 is 1.32 bits per heavy atom. The summed E-state index contributed by atoms with van der Waals surface area (Å²) in [6.45, 7) is 2.94. The lowest BCUT2D eigenvalue weighted by atomic mass is 9.69. The highest BCUT2D eigenvalue weighted by atomic mass is 16.5. The van der Waals surface area contributed by atoms with Gasteiger partial charge in [-0.3, -0.25) is 0 Å². The monoisotopic (exact) mass is 264 g/mol. The van der Waals surface area contributed by atoms with Gasteiger partial charge in [-0.2, -0.15) is 0 Å². The molecule has 1 saturated heterocycles. The van der Waals surface area contributed by atoms with Gasteiger partial charge in [-0.05, 0) is 42.5 Å². The van der Waals surface area contributed by atoms with E-state index in [2.05, 4.69) is 6.92 Å². The third-order valence-electron chi connectivity index (χ3n) is 4.70. The van der Waals surface area contributed by atoms with E-state index in [0.29, 0.717) is 18.3 Å². The van der Waals surface area contributed by atoms with E-state index in [-0.39, 0.29) is 12.5 Å². The number of aliphatic hydroxyl groups excluding tert-OH is 1. The lowest BCUT2D eigenvalue weighted by Gasteiger charge is -2.37. The third kappa shape index (κ3) is 1.66. The zero-order valence-corrected chi connectivity index (χ0v) is 11.6. The number of ether oxygens (including phenoxy) is 3. The molecule has 3 rings (SSSR count). The zero-order valence-electron chi connectivity index (χ0n) is 11.6. The molecule has 1 aromatic carbocycles. The van der Waals surface area contributed by atoms with Crippen LogP contribution in [-0.4, -0.2) is 32.5 Å². The van der Waals surface area contributed by atoms with Crippen molar-refractivity contribution in [3.05, 3.63) is 23.3 Å². The van der Waals surface area contributed by atoms with Crippen LogP contribution in [0.15, 0.2) is 12.1 Å². The van der Waals surface area contributed by atoms with Gasteiger partial charge in [-0.1, -0.05) is 0 Å². The molecule has 0 radical (unpaired) electrons. The van der Waals surface area contributed by atoms with Crippen molar-refractivity contribution in [2.24, 2.45) is 11.8 Å². The standard InChI is InChI=1S/C15H20O4/c1-15-11-6-14(18-3)13(17-2)5-9(11)4-10(8-19-15)12(15)7-16/h5-6,10,12,16H,4,7-8H2,1-3H3/t10-,12-,15+/m0/s1. The molecule has 0 amide bonds. The fourth-order valence-corrected chi connectivity index (χ4v) is 3.59. The number of methoxy groups -OCH3 is 2. The zero-order chi connectivity index (χ0) is 13.6. The molecule has 0 saturated carbocycles. The average molecular weight is 264 g/mol. The first-order valence-electron chi connectivity index (χ1n) is 6.64. The summed E-state index contributed by atoms with van der Waals surface area (Å²) in [5.74, 6) is 2.03. The van der Waals surface area contributed by atoms with Gasteiger partial charge in [0.15, 0.2) is 11.5 Å². The van der Waals surface area contributed by atoms with Crippen LogP contribution in [0, 0.1) is 11.8 Å². The number of rotatable bonds is 3. The molecule has 3 atom stereocenters. The molecule has 1 aliphatic heterocycles. The SMILES string of the molecule is COc1cc2c(cc1OC)[C@@]1(C)OC[C@H](C2)[C@@H]1CO. The Bertz CT molecular complexity index is 499. The van der Waals surface area contributed by atoms with Gasteiger partial charge in [0.2, 0.25) is 0 Å². The van der Waals surface area contributed by atoms with E-state index in [4.69, 9.17) is 14.2 Å². The van der Waals surface area contributed by atoms with Gasteiger partial charge in [0.05, 0.1) is 26.4 Å². The normalized spacial score (nSPS) is 32.0. The maximum absolute atomic E-state index is 9.65. The first-order valence-corrected chi connectivity index (χ1v) is 6.64. The molecule has 2 aliphatic rings. The van der Waals surface area contributed by atoms with Gasteiger partial charge in [-0.15, -0.1) is 0 Å². The van der Waals surface area contributed by atoms with E-state index < -0.39 is 5.60 Å². The lowest BCUT2D eigenvalue weighted by molar-refractivity contribution is -0.0260. The van der Waals surface area contributed by atoms with Crippen molar-refractivity contribution in [3.8, 4) is 11.5 Å². The van der Waals surface area contributed by atoms with Crippen LogP contribution in [0.4, 0.5) is 0 Å². The number of benzene rings is 1. The van der Waals surface area contributed by atoms with Crippen LogP contribution in [0.5, 0.6) is 11.5 Å². The topological polar surface area (TPSA) is 47.9 Å². The average Bonchev–Trinajstić information content (AvgIpc) is 2.67. The molecule has 0 aromatic heterocycles. The van der Waals surface area contributed by atoms with Crippen molar-refractivity contribution in [1.82, 2.24) is 0 Å². The van der Waals surface area contributed by atoms with Crippen LogP contribution in [0.25, 0.3) is 0 Å². The first kappa shape index (κ1) is 12.8. The lowest BCUT2D eigenvalue weighted by Crippen LogP contribution is -2.38. The fraction of sp³-hybridized carbons (Fsp3) is 0.600. The Balaban J connectivity index is 2.14. The summed E-state index contributed by atoms with van der Waals surface area (Å²) in [4.78, 5) is 0. The Hall–Kier alpha value is -1.26. The number of hydrogen-bond acceptors (Lipinski definition) is 4. The van der Waals surface area contributed by atoms with Crippen LogP contribution < -0.4 is 9.47 Å². The molecule has 2 bridgehead atoms. The Morgan fingerprint density at radius 3 is 2.63 bits per heavy atom. The molecule has 4 nitrogen and oxygen atoms in total. The summed E-state index contributed by atoms with van der Waals surface area (Å²) >= 11 is 0. The summed E-state index contributed by atoms with van der Waals surface area (Å²) in [6, 6.07) is 4.04. The van der Waals surface area contributed by atoms with Crippen molar-refractivity contribution in [1.29, 1.82) is 0 Å². The molecule has 0 spiro atoms. The van der Waals surface area contributed by atoms with Gasteiger partial charge in [0, 0.05) is 12.5 Å². The number of fused-ring (bicyclic) bond motifs is 4.